The molecule has 8 nitrogen and oxygen atoms in total. The number of ether oxygens (including phenoxy) is 1. The van der Waals surface area contributed by atoms with Crippen molar-refractivity contribution in [1.82, 2.24) is 9.62 Å². The number of carbonyl (C=O) groups is 2. The molecule has 2 aromatic rings. The van der Waals surface area contributed by atoms with Crippen LogP contribution in [0.15, 0.2) is 59.5 Å². The van der Waals surface area contributed by atoms with E-state index in [2.05, 4.69) is 10.0 Å². The highest BCUT2D eigenvalue weighted by Gasteiger charge is 2.28. The second kappa shape index (κ2) is 10.5. The van der Waals surface area contributed by atoms with Gasteiger partial charge in [-0.05, 0) is 56.0 Å². The number of hydrogen-bond acceptors (Lipinski definition) is 5. The number of rotatable bonds is 7. The van der Waals surface area contributed by atoms with Crippen LogP contribution in [0.5, 0.6) is 0 Å². The molecule has 33 heavy (non-hydrogen) atoms. The quantitative estimate of drug-likeness (QED) is 0.646. The van der Waals surface area contributed by atoms with Gasteiger partial charge in [0.25, 0.3) is 5.91 Å². The summed E-state index contributed by atoms with van der Waals surface area (Å²) in [6, 6.07) is 15.4. The molecular weight excluding hydrogens is 442 g/mol. The first kappa shape index (κ1) is 23.4. The molecule has 2 aliphatic heterocycles. The maximum atomic E-state index is 13.0. The summed E-state index contributed by atoms with van der Waals surface area (Å²) in [6.45, 7) is 1.76. The molecule has 0 aromatic heterocycles. The third kappa shape index (κ3) is 5.98. The van der Waals surface area contributed by atoms with E-state index < -0.39 is 10.0 Å². The van der Waals surface area contributed by atoms with Gasteiger partial charge in [0.05, 0.1) is 11.0 Å². The number of benzene rings is 2. The molecule has 9 heteroatoms. The Morgan fingerprint density at radius 2 is 1.76 bits per heavy atom. The Hall–Kier alpha value is -2.75. The van der Waals surface area contributed by atoms with Gasteiger partial charge in [0.1, 0.15) is 0 Å². The van der Waals surface area contributed by atoms with Crippen LogP contribution < -0.4 is 10.0 Å². The van der Waals surface area contributed by atoms with Gasteiger partial charge in [0.15, 0.2) is 0 Å². The van der Waals surface area contributed by atoms with Crippen LogP contribution in [0.3, 0.4) is 0 Å². The fourth-order valence-corrected chi connectivity index (χ4v) is 5.29. The van der Waals surface area contributed by atoms with E-state index >= 15 is 0 Å². The minimum atomic E-state index is -3.74. The molecule has 0 aliphatic carbocycles. The lowest BCUT2D eigenvalue weighted by Gasteiger charge is -2.31. The summed E-state index contributed by atoms with van der Waals surface area (Å²) >= 11 is 0. The number of nitrogens with zero attached hydrogens (tertiary/aromatic N) is 1. The Morgan fingerprint density at radius 1 is 1.00 bits per heavy atom. The van der Waals surface area contributed by atoms with Gasteiger partial charge >= 0.3 is 0 Å². The van der Waals surface area contributed by atoms with Gasteiger partial charge < -0.3 is 15.0 Å². The Labute approximate surface area is 194 Å². The number of nitrogens with one attached hydrogen (secondary N) is 2. The Morgan fingerprint density at radius 3 is 2.45 bits per heavy atom. The molecule has 2 saturated heterocycles. The highest BCUT2D eigenvalue weighted by Crippen LogP contribution is 2.22. The molecule has 2 aliphatic rings. The van der Waals surface area contributed by atoms with Crippen molar-refractivity contribution in [3.8, 4) is 0 Å². The molecule has 1 atom stereocenters. The molecular formula is C24H29N3O5S. The second-order valence-corrected chi connectivity index (χ2v) is 10.2. The minimum Gasteiger partial charge on any atom is -0.377 e. The first-order chi connectivity index (χ1) is 15.9. The van der Waals surface area contributed by atoms with Crippen molar-refractivity contribution in [3.63, 3.8) is 0 Å². The monoisotopic (exact) mass is 471 g/mol. The summed E-state index contributed by atoms with van der Waals surface area (Å²) in [5.74, 6) is -0.435. The van der Waals surface area contributed by atoms with Crippen LogP contribution in [0.4, 0.5) is 5.69 Å². The maximum Gasteiger partial charge on any atom is 0.253 e. The molecule has 2 heterocycles. The van der Waals surface area contributed by atoms with Gasteiger partial charge in [-0.15, -0.1) is 0 Å². The predicted octanol–water partition coefficient (Wildman–Crippen LogP) is 2.63. The van der Waals surface area contributed by atoms with Crippen molar-refractivity contribution in [2.24, 2.45) is 5.92 Å². The molecule has 2 aromatic carbocycles. The number of likely N-dealkylation sites (tertiary alicyclic amines) is 1. The van der Waals surface area contributed by atoms with Gasteiger partial charge in [-0.3, -0.25) is 9.59 Å². The largest absolute Gasteiger partial charge is 0.377 e. The lowest BCUT2D eigenvalue weighted by molar-refractivity contribution is -0.121. The van der Waals surface area contributed by atoms with Crippen molar-refractivity contribution in [2.45, 2.75) is 36.7 Å². The van der Waals surface area contributed by atoms with Crippen LogP contribution in [0.2, 0.25) is 0 Å². The lowest BCUT2D eigenvalue weighted by atomic mass is 9.95. The van der Waals surface area contributed by atoms with Crippen molar-refractivity contribution in [1.29, 1.82) is 0 Å². The van der Waals surface area contributed by atoms with Crippen molar-refractivity contribution >= 4 is 27.5 Å². The maximum absolute atomic E-state index is 13.0. The third-order valence-electron chi connectivity index (χ3n) is 6.11. The smallest absolute Gasteiger partial charge is 0.253 e. The van der Waals surface area contributed by atoms with Crippen LogP contribution >= 0.6 is 0 Å². The summed E-state index contributed by atoms with van der Waals surface area (Å²) in [5, 5.41) is 2.92. The van der Waals surface area contributed by atoms with Crippen molar-refractivity contribution in [3.05, 3.63) is 60.2 Å². The highest BCUT2D eigenvalue weighted by molar-refractivity contribution is 7.89. The normalized spacial score (nSPS) is 19.4. The van der Waals surface area contributed by atoms with Crippen LogP contribution in [-0.2, 0) is 19.6 Å². The highest BCUT2D eigenvalue weighted by atomic mass is 32.2. The fraction of sp³-hybridized carbons (Fsp3) is 0.417. The molecule has 2 fully saturated rings. The summed E-state index contributed by atoms with van der Waals surface area (Å²) < 4.78 is 33.4. The molecule has 0 bridgehead atoms. The molecule has 1 unspecified atom stereocenters. The number of carbonyl (C=O) groups excluding carboxylic acids is 2. The summed E-state index contributed by atoms with van der Waals surface area (Å²) in [6.07, 6.45) is 2.78. The first-order valence-corrected chi connectivity index (χ1v) is 12.8. The molecule has 0 saturated carbocycles. The molecule has 0 radical (unpaired) electrons. The Kier molecular flexibility index (Phi) is 7.42. The second-order valence-electron chi connectivity index (χ2n) is 8.44. The van der Waals surface area contributed by atoms with Crippen molar-refractivity contribution < 1.29 is 22.7 Å². The van der Waals surface area contributed by atoms with E-state index in [1.807, 2.05) is 30.3 Å². The number of para-hydroxylation sites is 1. The average Bonchev–Trinajstić information content (AvgIpc) is 3.37. The van der Waals surface area contributed by atoms with Gasteiger partial charge in [-0.2, -0.15) is 0 Å². The van der Waals surface area contributed by atoms with Crippen LogP contribution in [0, 0.1) is 5.92 Å². The topological polar surface area (TPSA) is 105 Å². The Balaban J connectivity index is 1.33. The van der Waals surface area contributed by atoms with Crippen LogP contribution in [-0.4, -0.2) is 57.5 Å². The van der Waals surface area contributed by atoms with Gasteiger partial charge in [0.2, 0.25) is 15.9 Å². The predicted molar refractivity (Wildman–Crippen MR) is 124 cm³/mol. The molecule has 176 valence electrons. The van der Waals surface area contributed by atoms with Crippen LogP contribution in [0.1, 0.15) is 36.0 Å². The number of sulfonamides is 1. The average molecular weight is 472 g/mol. The van der Waals surface area contributed by atoms with E-state index in [4.69, 9.17) is 4.74 Å². The zero-order valence-corrected chi connectivity index (χ0v) is 19.2. The zero-order chi connectivity index (χ0) is 23.3. The third-order valence-corrected chi connectivity index (χ3v) is 7.53. The Bertz CT molecular complexity index is 1080. The van der Waals surface area contributed by atoms with Crippen LogP contribution in [0.25, 0.3) is 0 Å². The van der Waals surface area contributed by atoms with Gasteiger partial charge in [-0.25, -0.2) is 13.1 Å². The SMILES string of the molecule is O=C(Nc1ccccc1)C1CCN(C(=O)c2cccc(S(=O)(=O)NCC3CCCO3)c2)CC1. The fourth-order valence-electron chi connectivity index (χ4n) is 4.18. The van der Waals surface area contributed by atoms with E-state index in [0.717, 1.165) is 18.5 Å². The molecule has 0 spiro atoms. The minimum absolute atomic E-state index is 0.0429. The van der Waals surface area contributed by atoms with Crippen molar-refractivity contribution in [2.75, 3.05) is 31.6 Å². The summed E-state index contributed by atoms with van der Waals surface area (Å²) in [7, 11) is -3.74. The standard InChI is InChI=1S/C24H29N3O5S/c28-23(26-20-7-2-1-3-8-20)18-11-13-27(14-12-18)24(29)19-6-4-10-22(16-19)33(30,31)25-17-21-9-5-15-32-21/h1-4,6-8,10,16,18,21,25H,5,9,11-15,17H2,(H,26,28). The molecule has 2 amide bonds. The summed E-state index contributed by atoms with van der Waals surface area (Å²) in [4.78, 5) is 27.3. The van der Waals surface area contributed by atoms with E-state index in [1.54, 1.807) is 17.0 Å². The number of piperidine rings is 1. The van der Waals surface area contributed by atoms with E-state index in [0.29, 0.717) is 38.1 Å². The molecule has 2 N–H and O–H groups in total. The zero-order valence-electron chi connectivity index (χ0n) is 18.4. The van der Waals surface area contributed by atoms with Gasteiger partial charge in [-0.1, -0.05) is 24.3 Å². The number of amides is 2. The van der Waals surface area contributed by atoms with Gasteiger partial charge in [0, 0.05) is 43.4 Å². The first-order valence-electron chi connectivity index (χ1n) is 11.3. The number of anilines is 1. The number of hydrogen-bond donors (Lipinski definition) is 2. The lowest BCUT2D eigenvalue weighted by Crippen LogP contribution is -2.41. The van der Waals surface area contributed by atoms with E-state index in [1.165, 1.54) is 12.1 Å². The van der Waals surface area contributed by atoms with E-state index in [-0.39, 0.29) is 35.3 Å². The summed E-state index contributed by atoms with van der Waals surface area (Å²) in [5.41, 5.74) is 1.08. The van der Waals surface area contributed by atoms with E-state index in [9.17, 15) is 18.0 Å². The molecule has 4 rings (SSSR count).